The Hall–Kier alpha value is -1.85. The molecule has 6 heteroatoms. The van der Waals surface area contributed by atoms with Gasteiger partial charge in [0.15, 0.2) is 0 Å². The molecule has 182 valence electrons. The Labute approximate surface area is 193 Å². The number of rotatable bonds is 7. The van der Waals surface area contributed by atoms with Crippen molar-refractivity contribution in [2.45, 2.75) is 111 Å². The SMILES string of the molecule is C=C[C@](C)(CC[C@H]1[C@@]2(C)CCCC(C)(C)[C@@H]2[C@@H](OC(C)=O)C[C@@]1(C)OC(C)=O)OC(C)=O. The van der Waals surface area contributed by atoms with Crippen molar-refractivity contribution in [2.24, 2.45) is 22.7 Å². The second kappa shape index (κ2) is 9.18. The van der Waals surface area contributed by atoms with E-state index < -0.39 is 11.2 Å². The second-order valence-electron chi connectivity index (χ2n) is 11.3. The first-order chi connectivity index (χ1) is 14.6. The molecule has 0 amide bonds. The van der Waals surface area contributed by atoms with Crippen LogP contribution in [-0.4, -0.2) is 35.2 Å². The molecule has 2 aliphatic rings. The van der Waals surface area contributed by atoms with Crippen molar-refractivity contribution in [1.82, 2.24) is 0 Å². The summed E-state index contributed by atoms with van der Waals surface area (Å²) in [5.41, 5.74) is -1.85. The summed E-state index contributed by atoms with van der Waals surface area (Å²) in [5, 5.41) is 0. The highest BCUT2D eigenvalue weighted by Gasteiger charge is 2.64. The number of ether oxygens (including phenoxy) is 3. The fourth-order valence-corrected chi connectivity index (χ4v) is 7.16. The normalized spacial score (nSPS) is 35.6. The molecule has 2 saturated carbocycles. The molecule has 6 atom stereocenters. The molecule has 6 nitrogen and oxygen atoms in total. The van der Waals surface area contributed by atoms with Crippen LogP contribution in [0.2, 0.25) is 0 Å². The number of fused-ring (bicyclic) bond motifs is 1. The molecule has 0 heterocycles. The van der Waals surface area contributed by atoms with E-state index in [0.29, 0.717) is 19.3 Å². The van der Waals surface area contributed by atoms with E-state index in [0.717, 1.165) is 19.3 Å². The zero-order valence-electron chi connectivity index (χ0n) is 21.2. The van der Waals surface area contributed by atoms with Gasteiger partial charge in [0.1, 0.15) is 17.3 Å². The molecule has 2 fully saturated rings. The van der Waals surface area contributed by atoms with Crippen molar-refractivity contribution in [3.63, 3.8) is 0 Å². The average Bonchev–Trinajstić information content (AvgIpc) is 2.57. The Morgan fingerprint density at radius 1 is 1.03 bits per heavy atom. The molecule has 0 unspecified atom stereocenters. The topological polar surface area (TPSA) is 78.9 Å². The summed E-state index contributed by atoms with van der Waals surface area (Å²) in [7, 11) is 0. The maximum Gasteiger partial charge on any atom is 0.303 e. The van der Waals surface area contributed by atoms with Gasteiger partial charge in [0, 0.05) is 39.0 Å². The zero-order valence-corrected chi connectivity index (χ0v) is 21.2. The van der Waals surface area contributed by atoms with Gasteiger partial charge < -0.3 is 14.2 Å². The van der Waals surface area contributed by atoms with E-state index in [-0.39, 0.29) is 46.7 Å². The largest absolute Gasteiger partial charge is 0.462 e. The third-order valence-electron chi connectivity index (χ3n) is 8.03. The van der Waals surface area contributed by atoms with Crippen LogP contribution in [0, 0.1) is 22.7 Å². The monoisotopic (exact) mass is 450 g/mol. The summed E-state index contributed by atoms with van der Waals surface area (Å²) in [5.74, 6) is -0.870. The predicted molar refractivity (Wildman–Crippen MR) is 123 cm³/mol. The third kappa shape index (κ3) is 5.37. The van der Waals surface area contributed by atoms with E-state index in [2.05, 4.69) is 27.4 Å². The molecule has 0 aromatic heterocycles. The van der Waals surface area contributed by atoms with Crippen molar-refractivity contribution in [3.8, 4) is 0 Å². The molecule has 0 radical (unpaired) electrons. The van der Waals surface area contributed by atoms with Gasteiger partial charge in [-0.05, 0) is 56.4 Å². The lowest BCUT2D eigenvalue weighted by atomic mass is 9.44. The zero-order chi connectivity index (χ0) is 24.5. The van der Waals surface area contributed by atoms with Gasteiger partial charge in [-0.25, -0.2) is 0 Å². The summed E-state index contributed by atoms with van der Waals surface area (Å²) >= 11 is 0. The maximum atomic E-state index is 12.2. The highest BCUT2D eigenvalue weighted by Crippen LogP contribution is 2.64. The minimum Gasteiger partial charge on any atom is -0.462 e. The molecule has 0 aromatic carbocycles. The Kier molecular flexibility index (Phi) is 7.58. The van der Waals surface area contributed by atoms with Crippen molar-refractivity contribution in [1.29, 1.82) is 0 Å². The van der Waals surface area contributed by atoms with E-state index >= 15 is 0 Å². The lowest BCUT2D eigenvalue weighted by Gasteiger charge is -2.63. The number of esters is 3. The van der Waals surface area contributed by atoms with Gasteiger partial charge in [-0.3, -0.25) is 14.4 Å². The van der Waals surface area contributed by atoms with Crippen molar-refractivity contribution < 1.29 is 28.6 Å². The van der Waals surface area contributed by atoms with E-state index in [1.807, 2.05) is 13.8 Å². The summed E-state index contributed by atoms with van der Waals surface area (Å²) in [4.78, 5) is 35.9. The number of hydrogen-bond acceptors (Lipinski definition) is 6. The molecule has 0 N–H and O–H groups in total. The molecule has 0 aromatic rings. The molecule has 2 aliphatic carbocycles. The molecule has 0 bridgehead atoms. The first-order valence-electron chi connectivity index (χ1n) is 11.8. The Bertz CT molecular complexity index is 757. The highest BCUT2D eigenvalue weighted by molar-refractivity contribution is 5.67. The molecule has 0 aliphatic heterocycles. The molecule has 0 saturated heterocycles. The maximum absolute atomic E-state index is 12.2. The van der Waals surface area contributed by atoms with Crippen LogP contribution in [0.1, 0.15) is 93.9 Å². The minimum absolute atomic E-state index is 0.00474. The van der Waals surface area contributed by atoms with Gasteiger partial charge in [-0.15, -0.1) is 0 Å². The Morgan fingerprint density at radius 2 is 1.66 bits per heavy atom. The van der Waals surface area contributed by atoms with Crippen molar-refractivity contribution >= 4 is 17.9 Å². The lowest BCUT2D eigenvalue weighted by molar-refractivity contribution is -0.235. The van der Waals surface area contributed by atoms with Crippen LogP contribution in [0.4, 0.5) is 0 Å². The van der Waals surface area contributed by atoms with Gasteiger partial charge in [0.25, 0.3) is 0 Å². The highest BCUT2D eigenvalue weighted by atomic mass is 16.6. The van der Waals surface area contributed by atoms with Crippen molar-refractivity contribution in [2.75, 3.05) is 0 Å². The number of carbonyl (C=O) groups excluding carboxylic acids is 3. The van der Waals surface area contributed by atoms with Crippen LogP contribution < -0.4 is 0 Å². The van der Waals surface area contributed by atoms with Crippen LogP contribution in [0.3, 0.4) is 0 Å². The Morgan fingerprint density at radius 3 is 2.16 bits per heavy atom. The summed E-state index contributed by atoms with van der Waals surface area (Å²) in [6, 6.07) is 0. The minimum atomic E-state index is -0.803. The number of carbonyl (C=O) groups is 3. The summed E-state index contributed by atoms with van der Waals surface area (Å²) in [6.45, 7) is 18.7. The van der Waals surface area contributed by atoms with Gasteiger partial charge in [-0.2, -0.15) is 0 Å². The molecular formula is C26H42O6. The second-order valence-corrected chi connectivity index (χ2v) is 11.3. The van der Waals surface area contributed by atoms with Gasteiger partial charge in [0.2, 0.25) is 0 Å². The number of hydrogen-bond donors (Lipinski definition) is 0. The molecule has 0 spiro atoms. The van der Waals surface area contributed by atoms with Crippen LogP contribution in [0.25, 0.3) is 0 Å². The smallest absolute Gasteiger partial charge is 0.303 e. The van der Waals surface area contributed by atoms with Gasteiger partial charge in [-0.1, -0.05) is 33.8 Å². The molecule has 32 heavy (non-hydrogen) atoms. The van der Waals surface area contributed by atoms with Crippen molar-refractivity contribution in [3.05, 3.63) is 12.7 Å². The van der Waals surface area contributed by atoms with E-state index in [1.165, 1.54) is 20.8 Å². The summed E-state index contributed by atoms with van der Waals surface area (Å²) in [6.07, 6.45) is 6.13. The van der Waals surface area contributed by atoms with Crippen LogP contribution in [0.5, 0.6) is 0 Å². The summed E-state index contributed by atoms with van der Waals surface area (Å²) < 4.78 is 17.5. The van der Waals surface area contributed by atoms with Gasteiger partial charge in [0.05, 0.1) is 0 Å². The van der Waals surface area contributed by atoms with Crippen LogP contribution in [0.15, 0.2) is 12.7 Å². The average molecular weight is 451 g/mol. The molecular weight excluding hydrogens is 408 g/mol. The molecule has 2 rings (SSSR count). The standard InChI is InChI=1S/C26H42O6/c1-10-24(7,31-18(3)28)15-12-21-25(8)14-11-13-23(5,6)22(25)20(30-17(2)27)16-26(21,9)32-19(4)29/h10,20-22H,1,11-16H2,2-9H3/t20-,21-,22-,24+,25+,26+/m0/s1. The van der Waals surface area contributed by atoms with E-state index in [9.17, 15) is 14.4 Å². The predicted octanol–water partition coefficient (Wildman–Crippen LogP) is 5.38. The van der Waals surface area contributed by atoms with E-state index in [1.54, 1.807) is 6.08 Å². The van der Waals surface area contributed by atoms with Crippen LogP contribution >= 0.6 is 0 Å². The quantitative estimate of drug-likeness (QED) is 0.294. The fourth-order valence-electron chi connectivity index (χ4n) is 7.16. The van der Waals surface area contributed by atoms with Crippen LogP contribution in [-0.2, 0) is 28.6 Å². The van der Waals surface area contributed by atoms with Gasteiger partial charge >= 0.3 is 17.9 Å². The third-order valence-corrected chi connectivity index (χ3v) is 8.03. The fraction of sp³-hybridized carbons (Fsp3) is 0.808. The van der Waals surface area contributed by atoms with E-state index in [4.69, 9.17) is 14.2 Å². The lowest BCUT2D eigenvalue weighted by Crippen LogP contribution is -2.64. The first-order valence-corrected chi connectivity index (χ1v) is 11.8. The Balaban J connectivity index is 2.53. The first kappa shape index (κ1) is 26.4.